The van der Waals surface area contributed by atoms with E-state index in [0.717, 1.165) is 27.6 Å². The predicted octanol–water partition coefficient (Wildman–Crippen LogP) is 3.90. The number of aliphatic hydroxyl groups excluding tert-OH is 1. The topological polar surface area (TPSA) is 84.2 Å². The fourth-order valence-electron chi connectivity index (χ4n) is 5.03. The lowest BCUT2D eigenvalue weighted by Gasteiger charge is -2.34. The Kier molecular flexibility index (Phi) is 7.66. The fourth-order valence-corrected chi connectivity index (χ4v) is 5.03. The zero-order valence-electron chi connectivity index (χ0n) is 21.6. The molecule has 0 spiro atoms. The van der Waals surface area contributed by atoms with Crippen LogP contribution in [0.3, 0.4) is 0 Å². The number of nitrogens with zero attached hydrogens (tertiary/aromatic N) is 3. The summed E-state index contributed by atoms with van der Waals surface area (Å²) < 4.78 is 13.3. The van der Waals surface area contributed by atoms with Crippen molar-refractivity contribution in [2.24, 2.45) is 13.0 Å². The van der Waals surface area contributed by atoms with E-state index in [-0.39, 0.29) is 24.5 Å². The molecule has 3 aromatic rings. The zero-order valence-corrected chi connectivity index (χ0v) is 21.6. The second kappa shape index (κ2) is 10.7. The smallest absolute Gasteiger partial charge is 0.409 e. The minimum absolute atomic E-state index is 0.126. The van der Waals surface area contributed by atoms with Crippen molar-refractivity contribution in [3.8, 4) is 11.1 Å². The number of amides is 2. The van der Waals surface area contributed by atoms with Gasteiger partial charge in [0.15, 0.2) is 0 Å². The lowest BCUT2D eigenvalue weighted by Crippen LogP contribution is -2.48. The number of carbonyl (C=O) groups excluding carboxylic acids is 2. The maximum absolute atomic E-state index is 14.3. The minimum atomic E-state index is -0.448. The molecule has 0 radical (unpaired) electrons. The number of ether oxygens (including phenoxy) is 2. The molecule has 36 heavy (non-hydrogen) atoms. The third-order valence-corrected chi connectivity index (χ3v) is 7.17. The molecule has 1 aliphatic rings. The molecule has 8 nitrogen and oxygen atoms in total. The van der Waals surface area contributed by atoms with Crippen LogP contribution in [0.15, 0.2) is 48.5 Å². The van der Waals surface area contributed by atoms with Crippen molar-refractivity contribution < 1.29 is 24.2 Å². The number of methoxy groups -OCH3 is 1. The predicted molar refractivity (Wildman–Crippen MR) is 139 cm³/mol. The van der Waals surface area contributed by atoms with Crippen LogP contribution in [-0.4, -0.2) is 77.5 Å². The number of carbonyl (C=O) groups is 2. The van der Waals surface area contributed by atoms with Gasteiger partial charge in [-0.25, -0.2) is 4.79 Å². The number of likely N-dealkylation sites (N-methyl/N-ethyl adjacent to an activating group) is 1. The Hall–Kier alpha value is -3.36. The van der Waals surface area contributed by atoms with Crippen LogP contribution in [0.25, 0.3) is 22.0 Å². The first kappa shape index (κ1) is 25.7. The Morgan fingerprint density at radius 1 is 1.22 bits per heavy atom. The molecule has 2 amide bonds. The van der Waals surface area contributed by atoms with Crippen molar-refractivity contribution in [1.82, 2.24) is 14.4 Å². The zero-order chi connectivity index (χ0) is 26.0. The minimum Gasteiger partial charge on any atom is -0.453 e. The third-order valence-electron chi connectivity index (χ3n) is 7.17. The second-order valence-electron chi connectivity index (χ2n) is 9.62. The molecule has 0 saturated heterocycles. The summed E-state index contributed by atoms with van der Waals surface area (Å²) in [7, 11) is 4.93. The van der Waals surface area contributed by atoms with Gasteiger partial charge >= 0.3 is 6.09 Å². The molecule has 4 rings (SSSR count). The van der Waals surface area contributed by atoms with E-state index in [9.17, 15) is 14.7 Å². The van der Waals surface area contributed by atoms with Crippen molar-refractivity contribution in [2.75, 3.05) is 33.9 Å². The van der Waals surface area contributed by atoms with Crippen LogP contribution in [-0.2, 0) is 23.1 Å². The molecule has 1 aromatic heterocycles. The Morgan fingerprint density at radius 2 is 1.92 bits per heavy atom. The fraction of sp³-hybridized carbons (Fsp3) is 0.429. The van der Waals surface area contributed by atoms with E-state index in [0.29, 0.717) is 25.4 Å². The molecule has 0 saturated carbocycles. The summed E-state index contributed by atoms with van der Waals surface area (Å²) in [5.74, 6) is -0.271. The van der Waals surface area contributed by atoms with E-state index >= 15 is 0 Å². The van der Waals surface area contributed by atoms with E-state index < -0.39 is 12.1 Å². The van der Waals surface area contributed by atoms with Gasteiger partial charge in [-0.3, -0.25) is 4.79 Å². The van der Waals surface area contributed by atoms with Gasteiger partial charge in [0.05, 0.1) is 39.0 Å². The van der Waals surface area contributed by atoms with Crippen LogP contribution >= 0.6 is 0 Å². The molecule has 0 unspecified atom stereocenters. The molecule has 192 valence electrons. The number of benzene rings is 2. The van der Waals surface area contributed by atoms with Gasteiger partial charge < -0.3 is 28.9 Å². The number of fused-ring (bicyclic) bond motifs is 5. The van der Waals surface area contributed by atoms with Gasteiger partial charge in [0.2, 0.25) is 0 Å². The molecule has 3 atom stereocenters. The van der Waals surface area contributed by atoms with E-state index in [2.05, 4.69) is 0 Å². The highest BCUT2D eigenvalue weighted by Gasteiger charge is 2.33. The van der Waals surface area contributed by atoms with Crippen molar-refractivity contribution in [2.45, 2.75) is 32.6 Å². The lowest BCUT2D eigenvalue weighted by atomic mass is 9.96. The maximum atomic E-state index is 14.3. The third kappa shape index (κ3) is 4.70. The Morgan fingerprint density at radius 3 is 2.64 bits per heavy atom. The van der Waals surface area contributed by atoms with Crippen molar-refractivity contribution in [1.29, 1.82) is 0 Å². The highest BCUT2D eigenvalue weighted by Crippen LogP contribution is 2.38. The SMILES string of the molecule is COC(=O)N(C)C[C@@H]1OCc2ccccc2-c2c(n(C)c3ccccc23)C(=O)N([C@@H](C)CO)C[C@H]1C. The monoisotopic (exact) mass is 493 g/mol. The Labute approximate surface area is 212 Å². The van der Waals surface area contributed by atoms with Gasteiger partial charge in [-0.05, 0) is 24.1 Å². The number of aliphatic hydroxyl groups is 1. The average molecular weight is 494 g/mol. The van der Waals surface area contributed by atoms with Crippen LogP contribution in [0.5, 0.6) is 0 Å². The number of aryl methyl sites for hydroxylation is 1. The molecule has 8 heteroatoms. The maximum Gasteiger partial charge on any atom is 0.409 e. The molecule has 2 heterocycles. The summed E-state index contributed by atoms with van der Waals surface area (Å²) in [5, 5.41) is 11.1. The summed E-state index contributed by atoms with van der Waals surface area (Å²) in [5.41, 5.74) is 4.31. The first-order valence-corrected chi connectivity index (χ1v) is 12.3. The summed E-state index contributed by atoms with van der Waals surface area (Å²) >= 11 is 0. The van der Waals surface area contributed by atoms with Gasteiger partial charge in [0.25, 0.3) is 5.91 Å². The quantitative estimate of drug-likeness (QED) is 0.596. The number of hydrogen-bond donors (Lipinski definition) is 1. The van der Waals surface area contributed by atoms with Crippen molar-refractivity contribution >= 4 is 22.9 Å². The van der Waals surface area contributed by atoms with Crippen LogP contribution in [0.1, 0.15) is 29.9 Å². The van der Waals surface area contributed by atoms with Crippen LogP contribution in [0, 0.1) is 5.92 Å². The van der Waals surface area contributed by atoms with Gasteiger partial charge in [-0.15, -0.1) is 0 Å². The lowest BCUT2D eigenvalue weighted by molar-refractivity contribution is -0.0220. The molecule has 1 aliphatic heterocycles. The van der Waals surface area contributed by atoms with E-state index in [4.69, 9.17) is 9.47 Å². The molecule has 0 bridgehead atoms. The van der Waals surface area contributed by atoms with E-state index in [1.165, 1.54) is 12.0 Å². The molecule has 2 aromatic carbocycles. The number of para-hydroxylation sites is 1. The van der Waals surface area contributed by atoms with Crippen LogP contribution in [0.4, 0.5) is 4.79 Å². The van der Waals surface area contributed by atoms with Gasteiger partial charge in [-0.2, -0.15) is 0 Å². The largest absolute Gasteiger partial charge is 0.453 e. The first-order valence-electron chi connectivity index (χ1n) is 12.3. The molecule has 0 aliphatic carbocycles. The molecule has 0 fully saturated rings. The number of rotatable bonds is 4. The normalized spacial score (nSPS) is 19.3. The summed E-state index contributed by atoms with van der Waals surface area (Å²) in [6, 6.07) is 15.6. The summed E-state index contributed by atoms with van der Waals surface area (Å²) in [4.78, 5) is 29.6. The Balaban J connectivity index is 1.90. The highest BCUT2D eigenvalue weighted by molar-refractivity contribution is 6.10. The van der Waals surface area contributed by atoms with Gasteiger partial charge in [0, 0.05) is 43.0 Å². The van der Waals surface area contributed by atoms with E-state index in [1.807, 2.05) is 74.0 Å². The summed E-state index contributed by atoms with van der Waals surface area (Å²) in [6.07, 6.45) is -0.808. The van der Waals surface area contributed by atoms with Gasteiger partial charge in [-0.1, -0.05) is 49.4 Å². The average Bonchev–Trinajstić information content (AvgIpc) is 3.19. The molecular formula is C28H35N3O5. The van der Waals surface area contributed by atoms with Crippen molar-refractivity contribution in [3.63, 3.8) is 0 Å². The Bertz CT molecular complexity index is 1250. The molecular weight excluding hydrogens is 458 g/mol. The van der Waals surface area contributed by atoms with Gasteiger partial charge in [0.1, 0.15) is 5.69 Å². The van der Waals surface area contributed by atoms with Crippen LogP contribution in [0.2, 0.25) is 0 Å². The highest BCUT2D eigenvalue weighted by atomic mass is 16.5. The second-order valence-corrected chi connectivity index (χ2v) is 9.62. The van der Waals surface area contributed by atoms with Crippen molar-refractivity contribution in [3.05, 3.63) is 59.8 Å². The van der Waals surface area contributed by atoms with Crippen LogP contribution < -0.4 is 0 Å². The van der Waals surface area contributed by atoms with E-state index in [1.54, 1.807) is 11.9 Å². The standard InChI is InChI=1S/C28H35N3O5/c1-18-14-31(19(2)16-32)27(33)26-25(22-12-8-9-13-23(22)30(26)4)21-11-7-6-10-20(21)17-36-24(18)15-29(3)28(34)35-5/h6-13,18-19,24,32H,14-17H2,1-5H3/t18-,19+,24+/m1/s1. The summed E-state index contributed by atoms with van der Waals surface area (Å²) in [6.45, 7) is 4.68. The number of aromatic nitrogens is 1. The molecule has 1 N–H and O–H groups in total. The number of hydrogen-bond acceptors (Lipinski definition) is 5. The first-order chi connectivity index (χ1) is 17.3.